The molecule has 0 fully saturated rings. The first-order chi connectivity index (χ1) is 24.5. The van der Waals surface area contributed by atoms with Crippen LogP contribution >= 0.6 is 0 Å². The normalized spacial score (nSPS) is 11.4. The number of hydrogen-bond acceptors (Lipinski definition) is 8. The summed E-state index contributed by atoms with van der Waals surface area (Å²) in [5.41, 5.74) is 5.16. The van der Waals surface area contributed by atoms with E-state index < -0.39 is 12.0 Å². The van der Waals surface area contributed by atoms with Crippen molar-refractivity contribution in [2.24, 2.45) is 0 Å². The molecule has 6 aromatic rings. The Morgan fingerprint density at radius 3 is 2.24 bits per heavy atom. The first-order valence-corrected chi connectivity index (χ1v) is 16.4. The maximum absolute atomic E-state index is 13.7. The third kappa shape index (κ3) is 8.65. The van der Waals surface area contributed by atoms with Crippen molar-refractivity contribution in [2.75, 3.05) is 19.0 Å². The molecule has 0 amide bonds. The largest absolute Gasteiger partial charge is 0.493 e. The zero-order chi connectivity index (χ0) is 34.7. The SMILES string of the molecule is COC(=O)C(Cc1ccc(OCCc2nc(-c3ccccc3)oc2C)cc1)Nc1ccccc1C(=O)c1cccc(OCc2ccccc2)c1. The maximum atomic E-state index is 13.7. The number of benzene rings is 5. The number of aromatic nitrogens is 1. The highest BCUT2D eigenvalue weighted by Crippen LogP contribution is 2.25. The molecule has 1 atom stereocenters. The molecular weight excluding hydrogens is 628 g/mol. The topological polar surface area (TPSA) is 99.9 Å². The van der Waals surface area contributed by atoms with Gasteiger partial charge >= 0.3 is 5.97 Å². The van der Waals surface area contributed by atoms with Crippen LogP contribution in [0.4, 0.5) is 5.69 Å². The molecule has 1 aromatic heterocycles. The van der Waals surface area contributed by atoms with E-state index in [9.17, 15) is 9.59 Å². The van der Waals surface area contributed by atoms with Crippen molar-refractivity contribution in [1.82, 2.24) is 4.98 Å². The van der Waals surface area contributed by atoms with Crippen LogP contribution in [0, 0.1) is 6.92 Å². The number of nitrogens with one attached hydrogen (secondary N) is 1. The van der Waals surface area contributed by atoms with Crippen LogP contribution in [-0.2, 0) is 29.0 Å². The van der Waals surface area contributed by atoms with Crippen LogP contribution in [-0.4, -0.2) is 36.5 Å². The standard InChI is InChI=1S/C42H38N2O6/c1-29-37(44-41(50-29)32-14-7-4-8-15-32)24-25-48-34-22-20-30(21-23-34)26-39(42(46)47-2)43-38-19-10-9-18-36(38)40(45)33-16-11-17-35(27-33)49-28-31-12-5-3-6-13-31/h3-23,27,39,43H,24-26,28H2,1-2H3. The van der Waals surface area contributed by atoms with Crippen LogP contribution in [0.1, 0.15) is 38.5 Å². The van der Waals surface area contributed by atoms with E-state index in [-0.39, 0.29) is 5.78 Å². The summed E-state index contributed by atoms with van der Waals surface area (Å²) in [6.45, 7) is 2.73. The highest BCUT2D eigenvalue weighted by atomic mass is 16.5. The lowest BCUT2D eigenvalue weighted by atomic mass is 10.00. The molecule has 0 bridgehead atoms. The van der Waals surface area contributed by atoms with Gasteiger partial charge < -0.3 is 23.9 Å². The number of aryl methyl sites for hydroxylation is 1. The molecule has 50 heavy (non-hydrogen) atoms. The number of carbonyl (C=O) groups is 2. The van der Waals surface area contributed by atoms with Gasteiger partial charge in [-0.15, -0.1) is 0 Å². The fourth-order valence-corrected chi connectivity index (χ4v) is 5.54. The van der Waals surface area contributed by atoms with Gasteiger partial charge in [0.25, 0.3) is 0 Å². The van der Waals surface area contributed by atoms with Gasteiger partial charge in [-0.3, -0.25) is 4.79 Å². The molecule has 1 heterocycles. The van der Waals surface area contributed by atoms with Gasteiger partial charge in [0.05, 0.1) is 19.4 Å². The number of esters is 1. The van der Waals surface area contributed by atoms with Crippen molar-refractivity contribution in [1.29, 1.82) is 0 Å². The summed E-state index contributed by atoms with van der Waals surface area (Å²) in [5.74, 6) is 2.03. The number of hydrogen-bond donors (Lipinski definition) is 1. The average Bonchev–Trinajstić information content (AvgIpc) is 3.54. The lowest BCUT2D eigenvalue weighted by Gasteiger charge is -2.20. The van der Waals surface area contributed by atoms with Crippen LogP contribution in [0.25, 0.3) is 11.5 Å². The van der Waals surface area contributed by atoms with E-state index in [2.05, 4.69) is 10.3 Å². The molecule has 6 rings (SSSR count). The van der Waals surface area contributed by atoms with Crippen molar-refractivity contribution >= 4 is 17.4 Å². The summed E-state index contributed by atoms with van der Waals surface area (Å²) in [7, 11) is 1.35. The van der Waals surface area contributed by atoms with Gasteiger partial charge in [-0.25, -0.2) is 9.78 Å². The number of para-hydroxylation sites is 1. The molecule has 252 valence electrons. The van der Waals surface area contributed by atoms with E-state index in [0.29, 0.717) is 60.3 Å². The summed E-state index contributed by atoms with van der Waals surface area (Å²) in [5, 5.41) is 3.27. The molecule has 0 saturated carbocycles. The molecule has 1 N–H and O–H groups in total. The molecule has 0 radical (unpaired) electrons. The molecular formula is C42H38N2O6. The van der Waals surface area contributed by atoms with E-state index in [1.807, 2.05) is 104 Å². The number of ketones is 1. The Labute approximate surface area is 291 Å². The average molecular weight is 667 g/mol. The number of rotatable bonds is 15. The van der Waals surface area contributed by atoms with Crippen molar-refractivity contribution in [3.63, 3.8) is 0 Å². The van der Waals surface area contributed by atoms with Crippen LogP contribution in [0.3, 0.4) is 0 Å². The van der Waals surface area contributed by atoms with Gasteiger partial charge in [-0.05, 0) is 66.6 Å². The van der Waals surface area contributed by atoms with Gasteiger partial charge in [-0.1, -0.05) is 84.9 Å². The second-order valence-electron chi connectivity index (χ2n) is 11.7. The van der Waals surface area contributed by atoms with Crippen LogP contribution in [0.15, 0.2) is 138 Å². The van der Waals surface area contributed by atoms with Crippen LogP contribution < -0.4 is 14.8 Å². The summed E-state index contributed by atoms with van der Waals surface area (Å²) in [6.07, 6.45) is 0.931. The lowest BCUT2D eigenvalue weighted by molar-refractivity contribution is -0.141. The Balaban J connectivity index is 1.08. The fraction of sp³-hybridized carbons (Fsp3) is 0.167. The van der Waals surface area contributed by atoms with E-state index >= 15 is 0 Å². The summed E-state index contributed by atoms with van der Waals surface area (Å²) in [4.78, 5) is 31.3. The number of oxazole rings is 1. The third-order valence-corrected chi connectivity index (χ3v) is 8.22. The predicted octanol–water partition coefficient (Wildman–Crippen LogP) is 8.28. The van der Waals surface area contributed by atoms with Crippen LogP contribution in [0.2, 0.25) is 0 Å². The highest BCUT2D eigenvalue weighted by Gasteiger charge is 2.23. The summed E-state index contributed by atoms with van der Waals surface area (Å²) < 4.78 is 23.0. The minimum Gasteiger partial charge on any atom is -0.493 e. The molecule has 0 aliphatic rings. The maximum Gasteiger partial charge on any atom is 0.328 e. The first kappa shape index (κ1) is 33.7. The molecule has 0 aliphatic heterocycles. The number of anilines is 1. The van der Waals surface area contributed by atoms with Crippen molar-refractivity contribution in [3.8, 4) is 23.0 Å². The van der Waals surface area contributed by atoms with E-state index in [1.54, 1.807) is 36.4 Å². The van der Waals surface area contributed by atoms with Crippen LogP contribution in [0.5, 0.6) is 11.5 Å². The monoisotopic (exact) mass is 666 g/mol. The fourth-order valence-electron chi connectivity index (χ4n) is 5.54. The minimum absolute atomic E-state index is 0.194. The van der Waals surface area contributed by atoms with Gasteiger partial charge in [-0.2, -0.15) is 0 Å². The number of methoxy groups -OCH3 is 1. The second-order valence-corrected chi connectivity index (χ2v) is 11.7. The Kier molecular flexibility index (Phi) is 11.0. The first-order valence-electron chi connectivity index (χ1n) is 16.4. The predicted molar refractivity (Wildman–Crippen MR) is 193 cm³/mol. The Bertz CT molecular complexity index is 2020. The van der Waals surface area contributed by atoms with E-state index in [0.717, 1.165) is 28.1 Å². The Morgan fingerprint density at radius 2 is 1.48 bits per heavy atom. The van der Waals surface area contributed by atoms with E-state index in [4.69, 9.17) is 18.6 Å². The molecule has 0 saturated heterocycles. The molecule has 8 nitrogen and oxygen atoms in total. The minimum atomic E-state index is -0.741. The number of nitrogens with zero attached hydrogens (tertiary/aromatic N) is 1. The zero-order valence-electron chi connectivity index (χ0n) is 28.0. The second kappa shape index (κ2) is 16.3. The Hall–Kier alpha value is -6.15. The van der Waals surface area contributed by atoms with E-state index in [1.165, 1.54) is 7.11 Å². The Morgan fingerprint density at radius 1 is 0.760 bits per heavy atom. The van der Waals surface area contributed by atoms with Crippen molar-refractivity contribution in [2.45, 2.75) is 32.4 Å². The molecule has 1 unspecified atom stereocenters. The van der Waals surface area contributed by atoms with Gasteiger partial charge in [0.1, 0.15) is 29.9 Å². The summed E-state index contributed by atoms with van der Waals surface area (Å²) >= 11 is 0. The summed E-state index contributed by atoms with van der Waals surface area (Å²) in [6, 6.07) is 40.7. The molecule has 8 heteroatoms. The lowest BCUT2D eigenvalue weighted by Crippen LogP contribution is -2.33. The zero-order valence-corrected chi connectivity index (χ0v) is 28.0. The smallest absolute Gasteiger partial charge is 0.328 e. The third-order valence-electron chi connectivity index (χ3n) is 8.22. The van der Waals surface area contributed by atoms with Crippen molar-refractivity contribution in [3.05, 3.63) is 167 Å². The van der Waals surface area contributed by atoms with Crippen molar-refractivity contribution < 1.29 is 28.2 Å². The van der Waals surface area contributed by atoms with Gasteiger partial charge in [0, 0.05) is 35.2 Å². The number of ether oxygens (including phenoxy) is 3. The number of carbonyl (C=O) groups excluding carboxylic acids is 2. The quantitative estimate of drug-likeness (QED) is 0.0864. The van der Waals surface area contributed by atoms with Gasteiger partial charge in [0.15, 0.2) is 5.78 Å². The highest BCUT2D eigenvalue weighted by molar-refractivity contribution is 6.12. The molecule has 0 aliphatic carbocycles. The molecule has 0 spiro atoms. The molecule has 5 aromatic carbocycles. The van der Waals surface area contributed by atoms with Gasteiger partial charge in [0.2, 0.25) is 5.89 Å².